The lowest BCUT2D eigenvalue weighted by atomic mass is 10.4. The highest BCUT2D eigenvalue weighted by Crippen LogP contribution is 2.29. The van der Waals surface area contributed by atoms with E-state index in [-0.39, 0.29) is 5.72 Å². The van der Waals surface area contributed by atoms with E-state index in [1.54, 1.807) is 0 Å². The maximum Gasteiger partial charge on any atom is 0.159 e. The molecule has 1 saturated heterocycles. The molecule has 0 saturated carbocycles. The van der Waals surface area contributed by atoms with Gasteiger partial charge in [0.2, 0.25) is 0 Å². The maximum absolute atomic E-state index is 4.94. The first kappa shape index (κ1) is 4.09. The molecule has 0 aromatic rings. The van der Waals surface area contributed by atoms with Crippen molar-refractivity contribution in [3.05, 3.63) is 0 Å². The molecule has 0 radical (unpaired) electrons. The fourth-order valence-electron chi connectivity index (χ4n) is 0.315. The van der Waals surface area contributed by atoms with Gasteiger partial charge in [-0.2, -0.15) is 5.06 Å². The summed E-state index contributed by atoms with van der Waals surface area (Å²) in [4.78, 5) is 4.94. The Labute approximate surface area is 37.7 Å². The lowest BCUT2D eigenvalue weighted by Gasteiger charge is -1.84. The second-order valence-electron chi connectivity index (χ2n) is 2.04. The summed E-state index contributed by atoms with van der Waals surface area (Å²) >= 11 is 0. The van der Waals surface area contributed by atoms with E-state index >= 15 is 0 Å². The van der Waals surface area contributed by atoms with Gasteiger partial charge in [-0.3, -0.25) is 4.84 Å². The number of nitrogens with zero attached hydrogens (tertiary/aromatic N) is 1. The summed E-state index contributed by atoms with van der Waals surface area (Å²) in [7, 11) is 1.92. The molecule has 1 aliphatic heterocycles. The first-order valence-corrected chi connectivity index (χ1v) is 2.06. The Morgan fingerprint density at radius 3 is 1.67 bits per heavy atom. The van der Waals surface area contributed by atoms with Gasteiger partial charge in [0.25, 0.3) is 0 Å². The van der Waals surface area contributed by atoms with Crippen molar-refractivity contribution in [2.45, 2.75) is 19.6 Å². The van der Waals surface area contributed by atoms with Gasteiger partial charge in [0.05, 0.1) is 0 Å². The van der Waals surface area contributed by atoms with Crippen LogP contribution >= 0.6 is 0 Å². The van der Waals surface area contributed by atoms with Gasteiger partial charge in [0, 0.05) is 7.05 Å². The molecule has 2 heteroatoms. The molecular formula is C4H9NO. The summed E-state index contributed by atoms with van der Waals surface area (Å²) in [5, 5.41) is 1.81. The van der Waals surface area contributed by atoms with E-state index in [2.05, 4.69) is 0 Å². The van der Waals surface area contributed by atoms with Gasteiger partial charge in [0.15, 0.2) is 5.72 Å². The molecule has 1 aliphatic rings. The van der Waals surface area contributed by atoms with Gasteiger partial charge in [0.1, 0.15) is 0 Å². The lowest BCUT2D eigenvalue weighted by Crippen LogP contribution is -2.02. The average Bonchev–Trinajstić information content (AvgIpc) is 1.73. The van der Waals surface area contributed by atoms with Crippen LogP contribution in [0.25, 0.3) is 0 Å². The molecule has 0 aromatic carbocycles. The average molecular weight is 87.1 g/mol. The Bertz CT molecular complexity index is 69.9. The standard InChI is InChI=1S/C4H9NO/c1-4(2)5(3)6-4/h1-3H3. The van der Waals surface area contributed by atoms with E-state index in [1.165, 1.54) is 0 Å². The van der Waals surface area contributed by atoms with Crippen molar-refractivity contribution in [2.24, 2.45) is 0 Å². The zero-order valence-electron chi connectivity index (χ0n) is 4.36. The van der Waals surface area contributed by atoms with Crippen LogP contribution in [0.15, 0.2) is 0 Å². The van der Waals surface area contributed by atoms with Crippen LogP contribution in [0.5, 0.6) is 0 Å². The minimum absolute atomic E-state index is 0.0417. The molecule has 2 nitrogen and oxygen atoms in total. The summed E-state index contributed by atoms with van der Waals surface area (Å²) in [6.07, 6.45) is 0. The Morgan fingerprint density at radius 1 is 1.50 bits per heavy atom. The molecule has 0 bridgehead atoms. The van der Waals surface area contributed by atoms with Crippen LogP contribution in [0, 0.1) is 0 Å². The predicted molar refractivity (Wildman–Crippen MR) is 22.9 cm³/mol. The van der Waals surface area contributed by atoms with Crippen molar-refractivity contribution in [2.75, 3.05) is 7.05 Å². The molecule has 1 atom stereocenters. The second-order valence-corrected chi connectivity index (χ2v) is 2.04. The highest BCUT2D eigenvalue weighted by atomic mass is 16.8. The Balaban J connectivity index is 2.41. The molecule has 0 aromatic heterocycles. The first-order chi connectivity index (χ1) is 2.63. The van der Waals surface area contributed by atoms with Crippen molar-refractivity contribution < 1.29 is 4.84 Å². The molecule has 0 amide bonds. The molecule has 0 spiro atoms. The van der Waals surface area contributed by atoms with Crippen LogP contribution in [0.4, 0.5) is 0 Å². The zero-order valence-corrected chi connectivity index (χ0v) is 4.36. The summed E-state index contributed by atoms with van der Waals surface area (Å²) < 4.78 is 0. The van der Waals surface area contributed by atoms with E-state index in [1.807, 2.05) is 26.0 Å². The highest BCUT2D eigenvalue weighted by Gasteiger charge is 2.41. The van der Waals surface area contributed by atoms with Gasteiger partial charge >= 0.3 is 0 Å². The molecule has 36 valence electrons. The molecule has 1 fully saturated rings. The quantitative estimate of drug-likeness (QED) is 0.402. The smallest absolute Gasteiger partial charge is 0.159 e. The minimum atomic E-state index is 0.0417. The SMILES string of the molecule is CN1OC1(C)C. The molecule has 1 heterocycles. The van der Waals surface area contributed by atoms with Gasteiger partial charge in [-0.1, -0.05) is 0 Å². The number of hydroxylamine groups is 2. The van der Waals surface area contributed by atoms with E-state index < -0.39 is 0 Å². The third-order valence-corrected chi connectivity index (χ3v) is 1.09. The number of hydrogen-bond donors (Lipinski definition) is 0. The van der Waals surface area contributed by atoms with Gasteiger partial charge in [-0.25, -0.2) is 0 Å². The minimum Gasteiger partial charge on any atom is -0.272 e. The third kappa shape index (κ3) is 0.420. The molecule has 0 N–H and O–H groups in total. The largest absolute Gasteiger partial charge is 0.272 e. The first-order valence-electron chi connectivity index (χ1n) is 2.06. The summed E-state index contributed by atoms with van der Waals surface area (Å²) in [6, 6.07) is 0. The van der Waals surface area contributed by atoms with Crippen molar-refractivity contribution in [1.29, 1.82) is 0 Å². The summed E-state index contributed by atoms with van der Waals surface area (Å²) in [5.74, 6) is 0. The normalized spacial score (nSPS) is 39.5. The van der Waals surface area contributed by atoms with E-state index in [4.69, 9.17) is 4.84 Å². The van der Waals surface area contributed by atoms with Crippen LogP contribution in [0.2, 0.25) is 0 Å². The molecule has 1 unspecified atom stereocenters. The zero-order chi connectivity index (χ0) is 4.78. The summed E-state index contributed by atoms with van der Waals surface area (Å²) in [6.45, 7) is 4.04. The second kappa shape index (κ2) is 0.768. The van der Waals surface area contributed by atoms with Crippen LogP contribution in [-0.2, 0) is 4.84 Å². The number of hydrogen-bond acceptors (Lipinski definition) is 2. The van der Waals surface area contributed by atoms with Crippen LogP contribution in [-0.4, -0.2) is 17.8 Å². The Morgan fingerprint density at radius 2 is 1.67 bits per heavy atom. The fraction of sp³-hybridized carbons (Fsp3) is 1.00. The highest BCUT2D eigenvalue weighted by molar-refractivity contribution is 4.70. The Hall–Kier alpha value is -0.0800. The van der Waals surface area contributed by atoms with Crippen molar-refractivity contribution >= 4 is 0 Å². The van der Waals surface area contributed by atoms with Crippen molar-refractivity contribution in [3.63, 3.8) is 0 Å². The monoisotopic (exact) mass is 87.1 g/mol. The summed E-state index contributed by atoms with van der Waals surface area (Å²) in [5.41, 5.74) is 0.0417. The molecule has 6 heavy (non-hydrogen) atoms. The van der Waals surface area contributed by atoms with Gasteiger partial charge in [-0.15, -0.1) is 0 Å². The van der Waals surface area contributed by atoms with Crippen LogP contribution in [0.1, 0.15) is 13.8 Å². The molecule has 1 rings (SSSR count). The fourth-order valence-corrected chi connectivity index (χ4v) is 0.315. The van der Waals surface area contributed by atoms with Crippen molar-refractivity contribution in [3.8, 4) is 0 Å². The van der Waals surface area contributed by atoms with Gasteiger partial charge < -0.3 is 0 Å². The maximum atomic E-state index is 4.94. The molecular weight excluding hydrogens is 78.0 g/mol. The van der Waals surface area contributed by atoms with E-state index in [9.17, 15) is 0 Å². The Kier molecular flexibility index (Phi) is 0.524. The van der Waals surface area contributed by atoms with Gasteiger partial charge in [-0.05, 0) is 13.8 Å². The van der Waals surface area contributed by atoms with Crippen molar-refractivity contribution in [1.82, 2.24) is 5.06 Å². The van der Waals surface area contributed by atoms with E-state index in [0.717, 1.165) is 0 Å². The van der Waals surface area contributed by atoms with Crippen LogP contribution < -0.4 is 0 Å². The predicted octanol–water partition coefficient (Wildman–Crippen LogP) is 0.599. The van der Waals surface area contributed by atoms with Crippen LogP contribution in [0.3, 0.4) is 0 Å². The van der Waals surface area contributed by atoms with E-state index in [0.29, 0.717) is 0 Å². The lowest BCUT2D eigenvalue weighted by molar-refractivity contribution is 0.225. The topological polar surface area (TPSA) is 15.5 Å². The number of rotatable bonds is 0. The third-order valence-electron chi connectivity index (χ3n) is 1.09. The molecule has 0 aliphatic carbocycles.